The number of benzene rings is 1. The number of hydrogen-bond acceptors (Lipinski definition) is 8. The van der Waals surface area contributed by atoms with Gasteiger partial charge in [0.1, 0.15) is 5.69 Å². The van der Waals surface area contributed by atoms with Gasteiger partial charge in [-0.2, -0.15) is 19.1 Å². The third-order valence-electron chi connectivity index (χ3n) is 7.45. The van der Waals surface area contributed by atoms with Crippen LogP contribution < -0.4 is 5.32 Å². The molecule has 4 rings (SSSR count). The van der Waals surface area contributed by atoms with Crippen molar-refractivity contribution in [3.8, 4) is 6.07 Å². The first-order valence-corrected chi connectivity index (χ1v) is 14.2. The van der Waals surface area contributed by atoms with Crippen LogP contribution >= 0.6 is 0 Å². The zero-order chi connectivity index (χ0) is 30.4. The number of hydrogen-bond donors (Lipinski definition) is 2. The number of carboxylic acids is 1. The minimum absolute atomic E-state index is 0.0792. The molecule has 1 fully saturated rings. The van der Waals surface area contributed by atoms with Crippen LogP contribution in [0.25, 0.3) is 0 Å². The number of amides is 2. The molecular weight excluding hydrogens is 564 g/mol. The van der Waals surface area contributed by atoms with Crippen molar-refractivity contribution in [1.82, 2.24) is 20.0 Å². The lowest BCUT2D eigenvalue weighted by Gasteiger charge is -2.35. The van der Waals surface area contributed by atoms with E-state index in [-0.39, 0.29) is 50.3 Å². The van der Waals surface area contributed by atoms with Crippen molar-refractivity contribution in [1.29, 1.82) is 5.26 Å². The van der Waals surface area contributed by atoms with E-state index in [1.54, 1.807) is 24.3 Å². The third-order valence-corrected chi connectivity index (χ3v) is 10.7. The van der Waals surface area contributed by atoms with Gasteiger partial charge in [-0.15, -0.1) is 0 Å². The summed E-state index contributed by atoms with van der Waals surface area (Å²) in [6, 6.07) is 8.69. The Hall–Kier alpha value is -3.90. The van der Waals surface area contributed by atoms with E-state index in [0.29, 0.717) is 11.1 Å². The molecule has 1 aromatic carbocycles. The molecule has 1 aromatic heterocycles. The molecule has 0 radical (unpaired) electrons. The number of halogens is 2. The highest BCUT2D eigenvalue weighted by Gasteiger charge is 2.61. The summed E-state index contributed by atoms with van der Waals surface area (Å²) in [5.74, 6) is -3.53. The predicted octanol–water partition coefficient (Wildman–Crippen LogP) is 1.64. The highest BCUT2D eigenvalue weighted by Crippen LogP contribution is 2.49. The lowest BCUT2D eigenvalue weighted by atomic mass is 10.0. The lowest BCUT2D eigenvalue weighted by Crippen LogP contribution is -2.52. The maximum Gasteiger partial charge on any atom is 0.455 e. The number of nitriles is 1. The van der Waals surface area contributed by atoms with Gasteiger partial charge >= 0.3 is 12.1 Å². The van der Waals surface area contributed by atoms with Gasteiger partial charge in [0.15, 0.2) is 15.5 Å². The second-order valence-corrected chi connectivity index (χ2v) is 13.8. The third kappa shape index (κ3) is 5.53. The van der Waals surface area contributed by atoms with E-state index >= 15 is 0 Å². The minimum atomic E-state index is -4.55. The molecular formula is C26H29F2N5O7S. The van der Waals surface area contributed by atoms with Gasteiger partial charge < -0.3 is 20.1 Å². The quantitative estimate of drug-likeness (QED) is 0.393. The summed E-state index contributed by atoms with van der Waals surface area (Å²) in [4.78, 5) is 38.4. The molecule has 2 amide bonds. The Kier molecular flexibility index (Phi) is 7.70. The molecule has 0 atom stereocenters. The van der Waals surface area contributed by atoms with Gasteiger partial charge in [-0.1, -0.05) is 12.1 Å². The zero-order valence-electron chi connectivity index (χ0n) is 22.6. The molecule has 1 aliphatic heterocycles. The fourth-order valence-corrected chi connectivity index (χ4v) is 7.21. The summed E-state index contributed by atoms with van der Waals surface area (Å²) in [6.07, 6.45) is -3.92. The number of alkyl halides is 2. The van der Waals surface area contributed by atoms with Gasteiger partial charge in [0.2, 0.25) is 0 Å². The molecule has 2 aliphatic rings. The Morgan fingerprint density at radius 2 is 1.88 bits per heavy atom. The van der Waals surface area contributed by atoms with Gasteiger partial charge in [0, 0.05) is 32.2 Å². The summed E-state index contributed by atoms with van der Waals surface area (Å²) in [7, 11) is -2.68. The topological polar surface area (TPSA) is 172 Å². The largest absolute Gasteiger partial charge is 0.475 e. The smallest absolute Gasteiger partial charge is 0.455 e. The number of fused-ring (bicyclic) bond motifs is 1. The van der Waals surface area contributed by atoms with Crippen LogP contribution in [-0.2, 0) is 39.4 Å². The Balaban J connectivity index is 1.47. The average Bonchev–Trinajstić information content (AvgIpc) is 3.64. The van der Waals surface area contributed by atoms with Gasteiger partial charge in [-0.05, 0) is 50.8 Å². The van der Waals surface area contributed by atoms with Crippen molar-refractivity contribution in [3.63, 3.8) is 0 Å². The number of rotatable bonds is 11. The van der Waals surface area contributed by atoms with Gasteiger partial charge in [-0.25, -0.2) is 13.2 Å². The van der Waals surface area contributed by atoms with Gasteiger partial charge in [0.25, 0.3) is 11.8 Å². The van der Waals surface area contributed by atoms with Crippen LogP contribution in [0, 0.1) is 11.3 Å². The van der Waals surface area contributed by atoms with Crippen LogP contribution in [0.15, 0.2) is 24.3 Å². The standard InChI is InChI=1S/C26H29F2N5O7S/c1-24(2,15-40-26(27,28)23(36)37)41(38,39)25(9-10-25)14-33-11-8-18-19(31-32(3)20(18)22(33)35)21(34)30-13-17-6-4-16(12-29)5-7-17/h4-7H,8-11,13-15H2,1-3H3,(H,30,34)(H,36,37). The lowest BCUT2D eigenvalue weighted by molar-refractivity contribution is -0.247. The van der Waals surface area contributed by atoms with E-state index in [0.717, 1.165) is 5.56 Å². The van der Waals surface area contributed by atoms with Gasteiger partial charge in [0.05, 0.1) is 27.7 Å². The predicted molar refractivity (Wildman–Crippen MR) is 139 cm³/mol. The highest BCUT2D eigenvalue weighted by molar-refractivity contribution is 7.94. The molecule has 2 aromatic rings. The highest BCUT2D eigenvalue weighted by atomic mass is 32.2. The first-order chi connectivity index (χ1) is 19.0. The number of nitrogens with zero attached hydrogens (tertiary/aromatic N) is 4. The number of sulfone groups is 1. The molecule has 1 aliphatic carbocycles. The minimum Gasteiger partial charge on any atom is -0.475 e. The Morgan fingerprint density at radius 1 is 1.24 bits per heavy atom. The van der Waals surface area contributed by atoms with Gasteiger partial charge in [-0.3, -0.25) is 14.3 Å². The molecule has 2 heterocycles. The number of aliphatic carboxylic acids is 1. The summed E-state index contributed by atoms with van der Waals surface area (Å²) in [6.45, 7) is 1.39. The Morgan fingerprint density at radius 3 is 2.44 bits per heavy atom. The fourth-order valence-electron chi connectivity index (χ4n) is 4.86. The van der Waals surface area contributed by atoms with Crippen molar-refractivity contribution in [2.24, 2.45) is 7.05 Å². The maximum atomic E-state index is 13.5. The van der Waals surface area contributed by atoms with Crippen LogP contribution in [0.5, 0.6) is 0 Å². The van der Waals surface area contributed by atoms with Crippen LogP contribution in [0.1, 0.15) is 64.4 Å². The first-order valence-electron chi connectivity index (χ1n) is 12.7. The zero-order valence-corrected chi connectivity index (χ0v) is 23.4. The molecule has 0 spiro atoms. The second-order valence-electron chi connectivity index (χ2n) is 10.8. The normalized spacial score (nSPS) is 16.6. The van der Waals surface area contributed by atoms with Crippen LogP contribution in [0.3, 0.4) is 0 Å². The number of carbonyl (C=O) groups excluding carboxylic acids is 2. The monoisotopic (exact) mass is 593 g/mol. The Labute approximate surface area is 234 Å². The van der Waals surface area contributed by atoms with Crippen molar-refractivity contribution in [2.75, 3.05) is 19.7 Å². The van der Waals surface area contributed by atoms with E-state index in [1.807, 2.05) is 6.07 Å². The van der Waals surface area contributed by atoms with Crippen molar-refractivity contribution < 1.29 is 41.4 Å². The number of aryl methyl sites for hydroxylation is 1. The van der Waals surface area contributed by atoms with E-state index in [9.17, 15) is 31.6 Å². The SMILES string of the molecule is Cn1nc(C(=O)NCc2ccc(C#N)cc2)c2c1C(=O)N(CC1(S(=O)(=O)C(C)(C)COC(F)(F)C(=O)O)CC1)CC2. The molecule has 15 heteroatoms. The molecule has 41 heavy (non-hydrogen) atoms. The molecule has 1 saturated carbocycles. The second kappa shape index (κ2) is 10.5. The number of carboxylic acid groups (broad SMARTS) is 1. The fraction of sp³-hybridized carbons (Fsp3) is 0.500. The summed E-state index contributed by atoms with van der Waals surface area (Å²) in [5.41, 5.74) is 1.91. The average molecular weight is 594 g/mol. The molecule has 0 unspecified atom stereocenters. The Bertz CT molecular complexity index is 1540. The number of carbonyl (C=O) groups is 3. The van der Waals surface area contributed by atoms with E-state index in [4.69, 9.17) is 10.4 Å². The van der Waals surface area contributed by atoms with Crippen molar-refractivity contribution >= 4 is 27.6 Å². The van der Waals surface area contributed by atoms with Crippen LogP contribution in [0.2, 0.25) is 0 Å². The number of aromatic nitrogens is 2. The van der Waals surface area contributed by atoms with E-state index < -0.39 is 49.8 Å². The molecule has 0 bridgehead atoms. The molecule has 12 nitrogen and oxygen atoms in total. The van der Waals surface area contributed by atoms with Crippen LogP contribution in [-0.4, -0.2) is 81.3 Å². The van der Waals surface area contributed by atoms with E-state index in [2.05, 4.69) is 15.2 Å². The van der Waals surface area contributed by atoms with Crippen LogP contribution in [0.4, 0.5) is 8.78 Å². The maximum absolute atomic E-state index is 13.5. The summed E-state index contributed by atoms with van der Waals surface area (Å²) in [5, 5.41) is 24.5. The van der Waals surface area contributed by atoms with E-state index in [1.165, 1.54) is 30.5 Å². The molecule has 220 valence electrons. The first kappa shape index (κ1) is 30.1. The molecule has 2 N–H and O–H groups in total. The number of nitrogens with one attached hydrogen (secondary N) is 1. The van der Waals surface area contributed by atoms with Crippen molar-refractivity contribution in [2.45, 2.75) is 55.3 Å². The molecule has 0 saturated heterocycles. The summed E-state index contributed by atoms with van der Waals surface area (Å²) < 4.78 is 56.2. The number of ether oxygens (including phenoxy) is 1. The summed E-state index contributed by atoms with van der Waals surface area (Å²) >= 11 is 0. The van der Waals surface area contributed by atoms with Crippen molar-refractivity contribution in [3.05, 3.63) is 52.3 Å².